The van der Waals surface area contributed by atoms with Crippen LogP contribution in [0.4, 0.5) is 0 Å². The molecule has 2 nitrogen and oxygen atoms in total. The van der Waals surface area contributed by atoms with Gasteiger partial charge in [0.05, 0.1) is 11.0 Å². The van der Waals surface area contributed by atoms with Gasteiger partial charge in [0.15, 0.2) is 0 Å². The minimum absolute atomic E-state index is 0.310. The molecule has 0 amide bonds. The van der Waals surface area contributed by atoms with Gasteiger partial charge < -0.3 is 9.29 Å². The molecule has 0 bridgehead atoms. The smallest absolute Gasteiger partial charge is 0.106 e. The van der Waals surface area contributed by atoms with Gasteiger partial charge >= 0.3 is 0 Å². The first-order valence-corrected chi connectivity index (χ1v) is 12.5. The second-order valence-electron chi connectivity index (χ2n) is 10.3. The van der Waals surface area contributed by atoms with Gasteiger partial charge in [-0.1, -0.05) is 78.9 Å². The molecule has 170 valence electrons. The average molecular weight is 465 g/mol. The lowest BCUT2D eigenvalue weighted by atomic mass is 9.70. The van der Waals surface area contributed by atoms with E-state index in [1.807, 2.05) is 13.8 Å². The Morgan fingerprint density at radius 2 is 1.06 bits per heavy atom. The zero-order chi connectivity index (χ0) is 23.7. The molecule has 0 aromatic heterocycles. The van der Waals surface area contributed by atoms with E-state index in [4.69, 9.17) is 4.18 Å². The maximum absolute atomic E-state index is 10.5. The normalized spacial score (nSPS) is 15.1. The number of aliphatic hydroxyl groups is 1. The molecule has 0 fully saturated rings. The molecule has 0 atom stereocenters. The highest BCUT2D eigenvalue weighted by Crippen LogP contribution is 2.62. The monoisotopic (exact) mass is 464 g/mol. The van der Waals surface area contributed by atoms with Gasteiger partial charge in [-0.3, -0.25) is 0 Å². The molecule has 2 aliphatic rings. The van der Waals surface area contributed by atoms with E-state index in [1.165, 1.54) is 56.6 Å². The summed E-state index contributed by atoms with van der Waals surface area (Å²) in [6.45, 7) is 7.41. The van der Waals surface area contributed by atoms with Crippen LogP contribution >= 0.6 is 12.0 Å². The molecule has 0 unspecified atom stereocenters. The van der Waals surface area contributed by atoms with E-state index < -0.39 is 11.2 Å². The molecule has 4 aromatic carbocycles. The Kier molecular flexibility index (Phi) is 4.67. The second-order valence-corrected chi connectivity index (χ2v) is 11.1. The van der Waals surface area contributed by atoms with Gasteiger partial charge in [-0.15, -0.1) is 0 Å². The van der Waals surface area contributed by atoms with Crippen LogP contribution in [0, 0.1) is 0 Å². The number of hydrogen-bond donors (Lipinski definition) is 1. The summed E-state index contributed by atoms with van der Waals surface area (Å²) in [7, 11) is 0. The minimum Gasteiger partial charge on any atom is -0.387 e. The van der Waals surface area contributed by atoms with Crippen molar-refractivity contribution in [2.45, 2.75) is 49.2 Å². The van der Waals surface area contributed by atoms with Crippen molar-refractivity contribution in [3.05, 3.63) is 113 Å². The maximum atomic E-state index is 10.5. The third-order valence-electron chi connectivity index (χ3n) is 7.79. The van der Waals surface area contributed by atoms with Crippen molar-refractivity contribution in [1.82, 2.24) is 0 Å². The third kappa shape index (κ3) is 2.84. The van der Waals surface area contributed by atoms with E-state index in [0.29, 0.717) is 0 Å². The summed E-state index contributed by atoms with van der Waals surface area (Å²) < 4.78 is 6.12. The van der Waals surface area contributed by atoms with E-state index in [2.05, 4.69) is 91.0 Å². The van der Waals surface area contributed by atoms with Gasteiger partial charge in [0, 0.05) is 16.9 Å². The lowest BCUT2D eigenvalue weighted by Crippen LogP contribution is -2.45. The third-order valence-corrected chi connectivity index (χ3v) is 8.73. The Hall–Kier alpha value is -2.85. The fraction of sp³-hybridized carbons (Fsp3) is 0.226. The highest BCUT2D eigenvalue weighted by Gasteiger charge is 2.51. The van der Waals surface area contributed by atoms with Crippen molar-refractivity contribution in [2.75, 3.05) is 0 Å². The quantitative estimate of drug-likeness (QED) is 0.272. The van der Waals surface area contributed by atoms with Crippen molar-refractivity contribution < 1.29 is 9.29 Å². The predicted octanol–water partition coefficient (Wildman–Crippen LogP) is 7.60. The summed E-state index contributed by atoms with van der Waals surface area (Å²) in [6.07, 6.45) is 0. The number of rotatable bonds is 4. The summed E-state index contributed by atoms with van der Waals surface area (Å²) in [5, 5.41) is 10.5. The molecule has 0 saturated heterocycles. The number of hydrogen-bond acceptors (Lipinski definition) is 3. The highest BCUT2D eigenvalue weighted by atomic mass is 32.2. The predicted molar refractivity (Wildman–Crippen MR) is 140 cm³/mol. The van der Waals surface area contributed by atoms with Crippen LogP contribution in [0.1, 0.15) is 49.9 Å². The van der Waals surface area contributed by atoms with Gasteiger partial charge in [0.25, 0.3) is 0 Å². The zero-order valence-corrected chi connectivity index (χ0v) is 20.7. The van der Waals surface area contributed by atoms with Crippen molar-refractivity contribution in [2.24, 2.45) is 0 Å². The molecule has 1 spiro atoms. The van der Waals surface area contributed by atoms with Crippen LogP contribution in [-0.2, 0) is 9.60 Å². The summed E-state index contributed by atoms with van der Waals surface area (Å²) >= 11 is 1.34. The largest absolute Gasteiger partial charge is 0.387 e. The van der Waals surface area contributed by atoms with E-state index in [1.54, 1.807) is 13.8 Å². The first-order chi connectivity index (χ1) is 16.2. The molecule has 1 N–H and O–H groups in total. The van der Waals surface area contributed by atoms with Crippen LogP contribution < -0.4 is 0 Å². The summed E-state index contributed by atoms with van der Waals surface area (Å²) in [5.74, 6) is 0. The fourth-order valence-electron chi connectivity index (χ4n) is 5.38. The highest BCUT2D eigenvalue weighted by molar-refractivity contribution is 7.94. The molecular weight excluding hydrogens is 436 g/mol. The SMILES string of the molecule is CC(C)(O)C(C)(C)OSc1ccc2c(c1)-c1ccccc1C21c2ccccc2-c2ccccc21. The molecule has 0 heterocycles. The van der Waals surface area contributed by atoms with Gasteiger partial charge in [0.2, 0.25) is 0 Å². The van der Waals surface area contributed by atoms with Gasteiger partial charge in [-0.25, -0.2) is 0 Å². The average Bonchev–Trinajstić information content (AvgIpc) is 3.29. The molecular formula is C31H28O2S. The molecule has 6 rings (SSSR count). The summed E-state index contributed by atoms with van der Waals surface area (Å²) in [6, 6.07) is 33.2. The fourth-order valence-corrected chi connectivity index (χ4v) is 6.18. The number of benzene rings is 4. The molecule has 4 aromatic rings. The van der Waals surface area contributed by atoms with Gasteiger partial charge in [-0.2, -0.15) is 0 Å². The molecule has 0 radical (unpaired) electrons. The topological polar surface area (TPSA) is 29.5 Å². The lowest BCUT2D eigenvalue weighted by Gasteiger charge is -2.35. The lowest BCUT2D eigenvalue weighted by molar-refractivity contribution is -0.0813. The van der Waals surface area contributed by atoms with Crippen molar-refractivity contribution in [3.63, 3.8) is 0 Å². The van der Waals surface area contributed by atoms with Crippen LogP contribution in [0.2, 0.25) is 0 Å². The second kappa shape index (κ2) is 7.32. The first kappa shape index (κ1) is 21.7. The van der Waals surface area contributed by atoms with Crippen LogP contribution in [0.25, 0.3) is 22.3 Å². The molecule has 34 heavy (non-hydrogen) atoms. The van der Waals surface area contributed by atoms with Gasteiger partial charge in [-0.05, 0) is 84.3 Å². The Bertz CT molecular complexity index is 1380. The Labute approximate surface area is 205 Å². The van der Waals surface area contributed by atoms with E-state index >= 15 is 0 Å². The summed E-state index contributed by atoms with van der Waals surface area (Å²) in [5.41, 5.74) is 8.54. The summed E-state index contributed by atoms with van der Waals surface area (Å²) in [4.78, 5) is 1.03. The van der Waals surface area contributed by atoms with E-state index in [0.717, 1.165) is 4.90 Å². The molecule has 2 aliphatic carbocycles. The van der Waals surface area contributed by atoms with E-state index in [9.17, 15) is 5.11 Å². The standard InChI is InChI=1S/C31H28O2S/c1-29(2,32)30(3,4)33-34-20-17-18-28-24(19-20)23-13-7-10-16-27(23)31(28)25-14-8-5-11-21(25)22-12-6-9-15-26(22)31/h5-19,32H,1-4H3. The van der Waals surface area contributed by atoms with Gasteiger partial charge in [0.1, 0.15) is 5.60 Å². The number of fused-ring (bicyclic) bond motifs is 10. The Balaban J connectivity index is 1.55. The molecule has 0 aliphatic heterocycles. The minimum atomic E-state index is -0.954. The van der Waals surface area contributed by atoms with E-state index in [-0.39, 0.29) is 5.41 Å². The maximum Gasteiger partial charge on any atom is 0.106 e. The Morgan fingerprint density at radius 1 is 0.618 bits per heavy atom. The first-order valence-electron chi connectivity index (χ1n) is 11.8. The van der Waals surface area contributed by atoms with Crippen molar-refractivity contribution in [1.29, 1.82) is 0 Å². The molecule has 0 saturated carbocycles. The van der Waals surface area contributed by atoms with Crippen molar-refractivity contribution >= 4 is 12.0 Å². The molecule has 3 heteroatoms. The van der Waals surface area contributed by atoms with Crippen LogP contribution in [0.5, 0.6) is 0 Å². The zero-order valence-electron chi connectivity index (χ0n) is 19.9. The van der Waals surface area contributed by atoms with Crippen molar-refractivity contribution in [3.8, 4) is 22.3 Å². The van der Waals surface area contributed by atoms with Crippen LogP contribution in [-0.4, -0.2) is 16.3 Å². The van der Waals surface area contributed by atoms with Crippen LogP contribution in [0.15, 0.2) is 95.9 Å². The Morgan fingerprint density at radius 3 is 1.56 bits per heavy atom. The van der Waals surface area contributed by atoms with Crippen LogP contribution in [0.3, 0.4) is 0 Å².